The van der Waals surface area contributed by atoms with Gasteiger partial charge in [0.1, 0.15) is 0 Å². The molecule has 0 unspecified atom stereocenters. The average molecular weight is 479 g/mol. The second-order valence-corrected chi connectivity index (χ2v) is 9.27. The van der Waals surface area contributed by atoms with Crippen molar-refractivity contribution in [2.45, 2.75) is 25.9 Å². The number of nitrogens with one attached hydrogen (secondary N) is 2. The lowest BCUT2D eigenvalue weighted by atomic mass is 9.94. The summed E-state index contributed by atoms with van der Waals surface area (Å²) in [5.74, 6) is -0.313. The Hall–Kier alpha value is -4.03. The third-order valence-corrected chi connectivity index (χ3v) is 6.84. The maximum absolute atomic E-state index is 13.1. The molecule has 4 aromatic rings. The van der Waals surface area contributed by atoms with Gasteiger partial charge in [-0.05, 0) is 66.0 Å². The van der Waals surface area contributed by atoms with Crippen LogP contribution < -0.4 is 10.6 Å². The highest BCUT2D eigenvalue weighted by Crippen LogP contribution is 2.25. The number of rotatable bonds is 7. The summed E-state index contributed by atoms with van der Waals surface area (Å²) in [5.41, 5.74) is 3.25. The maximum Gasteiger partial charge on any atom is 0.253 e. The summed E-state index contributed by atoms with van der Waals surface area (Å²) in [5, 5.41) is 8.48. The van der Waals surface area contributed by atoms with E-state index >= 15 is 0 Å². The van der Waals surface area contributed by atoms with Gasteiger partial charge in [0.2, 0.25) is 5.91 Å². The molecule has 1 aliphatic heterocycles. The Balaban J connectivity index is 1.17. The first-order valence-electron chi connectivity index (χ1n) is 12.4. The van der Waals surface area contributed by atoms with Crippen molar-refractivity contribution in [1.29, 1.82) is 0 Å². The highest BCUT2D eigenvalue weighted by Gasteiger charge is 2.26. The number of hydrogen-bond acceptors (Lipinski definition) is 4. The molecule has 6 nitrogen and oxygen atoms in total. The summed E-state index contributed by atoms with van der Waals surface area (Å²) in [6.07, 6.45) is 5.02. The lowest BCUT2D eigenvalue weighted by Crippen LogP contribution is -2.38. The third kappa shape index (κ3) is 5.61. The molecule has 0 saturated carbocycles. The molecule has 2 N–H and O–H groups in total. The molecule has 182 valence electrons. The standard InChI is InChI=1S/C30H30N4O2/c35-29(33-28-13-4-3-12-27(28)30(36)32-20-22-7-6-16-31-19-22)24-14-17-34(18-15-24)21-25-10-5-9-23-8-1-2-11-26(23)25/h1-13,16,19,24H,14-15,17-18,20-21H2,(H,32,36)(H,33,35). The van der Waals surface area contributed by atoms with E-state index < -0.39 is 0 Å². The third-order valence-electron chi connectivity index (χ3n) is 6.84. The van der Waals surface area contributed by atoms with Crippen molar-refractivity contribution in [2.75, 3.05) is 18.4 Å². The minimum atomic E-state index is -0.223. The summed E-state index contributed by atoms with van der Waals surface area (Å²) in [6.45, 7) is 3.00. The second-order valence-electron chi connectivity index (χ2n) is 9.27. The molecule has 3 aromatic carbocycles. The van der Waals surface area contributed by atoms with Crippen LogP contribution in [0.2, 0.25) is 0 Å². The van der Waals surface area contributed by atoms with Gasteiger partial charge in [0, 0.05) is 31.4 Å². The summed E-state index contributed by atoms with van der Waals surface area (Å²) in [4.78, 5) is 32.4. The number of para-hydroxylation sites is 1. The molecule has 0 aliphatic carbocycles. The van der Waals surface area contributed by atoms with Gasteiger partial charge < -0.3 is 10.6 Å². The Labute approximate surface area is 211 Å². The molecule has 0 radical (unpaired) electrons. The molecule has 1 saturated heterocycles. The van der Waals surface area contributed by atoms with E-state index in [0.717, 1.165) is 38.0 Å². The van der Waals surface area contributed by atoms with E-state index in [2.05, 4.69) is 63.0 Å². The van der Waals surface area contributed by atoms with Gasteiger partial charge in [-0.1, -0.05) is 60.7 Å². The molecule has 0 spiro atoms. The van der Waals surface area contributed by atoms with Crippen molar-refractivity contribution in [3.05, 3.63) is 108 Å². The van der Waals surface area contributed by atoms with Crippen molar-refractivity contribution in [1.82, 2.24) is 15.2 Å². The lowest BCUT2D eigenvalue weighted by molar-refractivity contribution is -0.121. The molecule has 6 heteroatoms. The van der Waals surface area contributed by atoms with Gasteiger partial charge in [0.05, 0.1) is 11.3 Å². The van der Waals surface area contributed by atoms with Crippen LogP contribution in [0.5, 0.6) is 0 Å². The molecular formula is C30H30N4O2. The van der Waals surface area contributed by atoms with Crippen LogP contribution in [0.3, 0.4) is 0 Å². The Kier molecular flexibility index (Phi) is 7.33. The molecule has 0 bridgehead atoms. The fourth-order valence-corrected chi connectivity index (χ4v) is 4.83. The highest BCUT2D eigenvalue weighted by molar-refractivity contribution is 6.04. The Morgan fingerprint density at radius 3 is 2.50 bits per heavy atom. The van der Waals surface area contributed by atoms with Crippen LogP contribution in [0, 0.1) is 5.92 Å². The molecular weight excluding hydrogens is 448 g/mol. The molecule has 36 heavy (non-hydrogen) atoms. The first-order chi connectivity index (χ1) is 17.7. The summed E-state index contributed by atoms with van der Waals surface area (Å²) in [7, 11) is 0. The fourth-order valence-electron chi connectivity index (χ4n) is 4.83. The molecule has 1 fully saturated rings. The van der Waals surface area contributed by atoms with Gasteiger partial charge in [-0.3, -0.25) is 19.5 Å². The zero-order valence-electron chi connectivity index (χ0n) is 20.2. The summed E-state index contributed by atoms with van der Waals surface area (Å²) in [6, 6.07) is 25.8. The number of piperidine rings is 1. The largest absolute Gasteiger partial charge is 0.348 e. The zero-order valence-corrected chi connectivity index (χ0v) is 20.2. The smallest absolute Gasteiger partial charge is 0.253 e. The van der Waals surface area contributed by atoms with Crippen LogP contribution in [0.15, 0.2) is 91.3 Å². The van der Waals surface area contributed by atoms with Crippen molar-refractivity contribution in [3.63, 3.8) is 0 Å². The quantitative estimate of drug-likeness (QED) is 0.391. The van der Waals surface area contributed by atoms with Gasteiger partial charge in [-0.25, -0.2) is 0 Å². The van der Waals surface area contributed by atoms with Crippen molar-refractivity contribution >= 4 is 28.3 Å². The molecule has 1 aliphatic rings. The van der Waals surface area contributed by atoms with E-state index in [1.165, 1.54) is 16.3 Å². The van der Waals surface area contributed by atoms with E-state index in [4.69, 9.17) is 0 Å². The van der Waals surface area contributed by atoms with Crippen LogP contribution in [-0.4, -0.2) is 34.8 Å². The number of likely N-dealkylation sites (tertiary alicyclic amines) is 1. The number of fused-ring (bicyclic) bond motifs is 1. The van der Waals surface area contributed by atoms with Gasteiger partial charge in [-0.15, -0.1) is 0 Å². The number of hydrogen-bond donors (Lipinski definition) is 2. The van der Waals surface area contributed by atoms with E-state index in [9.17, 15) is 9.59 Å². The molecule has 5 rings (SSSR count). The normalized spacial score (nSPS) is 14.4. The van der Waals surface area contributed by atoms with Crippen LogP contribution in [0.25, 0.3) is 10.8 Å². The number of benzene rings is 3. The zero-order chi connectivity index (χ0) is 24.7. The number of anilines is 1. The van der Waals surface area contributed by atoms with Gasteiger partial charge in [0.25, 0.3) is 5.91 Å². The van der Waals surface area contributed by atoms with Crippen LogP contribution in [0.4, 0.5) is 5.69 Å². The van der Waals surface area contributed by atoms with E-state index in [0.29, 0.717) is 17.8 Å². The Morgan fingerprint density at radius 2 is 1.67 bits per heavy atom. The number of carbonyl (C=O) groups excluding carboxylic acids is 2. The number of nitrogens with zero attached hydrogens (tertiary/aromatic N) is 2. The van der Waals surface area contributed by atoms with Gasteiger partial charge in [-0.2, -0.15) is 0 Å². The lowest BCUT2D eigenvalue weighted by Gasteiger charge is -2.31. The molecule has 2 heterocycles. The van der Waals surface area contributed by atoms with Gasteiger partial charge >= 0.3 is 0 Å². The Morgan fingerprint density at radius 1 is 0.889 bits per heavy atom. The summed E-state index contributed by atoms with van der Waals surface area (Å²) < 4.78 is 0. The van der Waals surface area contributed by atoms with Crippen molar-refractivity contribution in [2.24, 2.45) is 5.92 Å². The van der Waals surface area contributed by atoms with Gasteiger partial charge in [0.15, 0.2) is 0 Å². The first kappa shape index (κ1) is 23.7. The Bertz CT molecular complexity index is 1340. The topological polar surface area (TPSA) is 74.3 Å². The molecule has 2 amide bonds. The summed E-state index contributed by atoms with van der Waals surface area (Å²) >= 11 is 0. The molecule has 1 aromatic heterocycles. The number of pyridine rings is 1. The molecule has 0 atom stereocenters. The van der Waals surface area contributed by atoms with Crippen LogP contribution in [0.1, 0.15) is 34.3 Å². The predicted molar refractivity (Wildman–Crippen MR) is 142 cm³/mol. The van der Waals surface area contributed by atoms with Crippen molar-refractivity contribution < 1.29 is 9.59 Å². The minimum Gasteiger partial charge on any atom is -0.348 e. The minimum absolute atomic E-state index is 0.0210. The SMILES string of the molecule is O=C(NCc1cccnc1)c1ccccc1NC(=O)C1CCN(Cc2cccc3ccccc23)CC1. The van der Waals surface area contributed by atoms with E-state index in [1.807, 2.05) is 18.2 Å². The number of carbonyl (C=O) groups is 2. The number of aromatic nitrogens is 1. The first-order valence-corrected chi connectivity index (χ1v) is 12.4. The fraction of sp³-hybridized carbons (Fsp3) is 0.233. The monoisotopic (exact) mass is 478 g/mol. The maximum atomic E-state index is 13.1. The van der Waals surface area contributed by atoms with Crippen LogP contribution in [-0.2, 0) is 17.9 Å². The number of amides is 2. The predicted octanol–water partition coefficient (Wildman–Crippen LogP) is 5.02. The average Bonchev–Trinajstić information content (AvgIpc) is 2.93. The highest BCUT2D eigenvalue weighted by atomic mass is 16.2. The van der Waals surface area contributed by atoms with E-state index in [-0.39, 0.29) is 17.7 Å². The second kappa shape index (κ2) is 11.1. The van der Waals surface area contributed by atoms with E-state index in [1.54, 1.807) is 30.6 Å². The van der Waals surface area contributed by atoms with Crippen molar-refractivity contribution in [3.8, 4) is 0 Å². The van der Waals surface area contributed by atoms with Crippen LogP contribution >= 0.6 is 0 Å².